The summed E-state index contributed by atoms with van der Waals surface area (Å²) in [5.41, 5.74) is 0. The van der Waals surface area contributed by atoms with E-state index in [4.69, 9.17) is 25.5 Å². The summed E-state index contributed by atoms with van der Waals surface area (Å²) in [6.07, 6.45) is -0.961. The molecule has 68 valence electrons. The van der Waals surface area contributed by atoms with Crippen molar-refractivity contribution in [2.24, 2.45) is 0 Å². The van der Waals surface area contributed by atoms with Crippen LogP contribution in [-0.2, 0) is 0 Å². The Morgan fingerprint density at radius 3 is 2.18 bits per heavy atom. The second kappa shape index (κ2) is 4.60. The molecule has 0 aliphatic rings. The summed E-state index contributed by atoms with van der Waals surface area (Å²) >= 11 is 0. The molecular weight excluding hydrogens is 154 g/mol. The van der Waals surface area contributed by atoms with E-state index in [1.54, 1.807) is 0 Å². The topological polar surface area (TPSA) is 113 Å². The number of aliphatic hydroxyl groups excluding tert-OH is 2. The number of nitrogens with one attached hydrogen (secondary N) is 1. The normalized spacial score (nSPS) is 15.0. The van der Waals surface area contributed by atoms with Gasteiger partial charge < -0.3 is 30.8 Å². The van der Waals surface area contributed by atoms with Crippen LogP contribution in [0.3, 0.4) is 0 Å². The highest BCUT2D eigenvalue weighted by atomic mass is 16.7. The Morgan fingerprint density at radius 2 is 1.82 bits per heavy atom. The lowest BCUT2D eigenvalue weighted by atomic mass is 10.4. The number of hydrogen-bond acceptors (Lipinski definition) is 6. The first-order chi connectivity index (χ1) is 4.95. The molecule has 0 radical (unpaired) electrons. The van der Waals surface area contributed by atoms with Crippen LogP contribution >= 0.6 is 0 Å². The Morgan fingerprint density at radius 1 is 1.27 bits per heavy atom. The summed E-state index contributed by atoms with van der Waals surface area (Å²) < 4.78 is 0. The molecule has 0 aliphatic carbocycles. The largest absolute Gasteiger partial charge is 0.394 e. The second-order valence-corrected chi connectivity index (χ2v) is 2.24. The fraction of sp³-hybridized carbons (Fsp3) is 1.00. The summed E-state index contributed by atoms with van der Waals surface area (Å²) in [5, 5.41) is 44.2. The SMILES string of the molecule is OCC(O)CNCC(O)(O)O. The molecule has 0 rings (SSSR count). The van der Waals surface area contributed by atoms with Crippen molar-refractivity contribution in [2.75, 3.05) is 19.7 Å². The van der Waals surface area contributed by atoms with Crippen LogP contribution in [0, 0.1) is 0 Å². The summed E-state index contributed by atoms with van der Waals surface area (Å²) in [4.78, 5) is 0. The van der Waals surface area contributed by atoms with E-state index in [1.165, 1.54) is 0 Å². The zero-order valence-electron chi connectivity index (χ0n) is 5.93. The summed E-state index contributed by atoms with van der Waals surface area (Å²) in [5.74, 6) is -2.77. The second-order valence-electron chi connectivity index (χ2n) is 2.24. The standard InChI is InChI=1S/C5H13NO5/c7-2-4(8)1-6-3-5(9,10)11/h4,6-11H,1-3H2. The minimum absolute atomic E-state index is 0.0140. The molecule has 0 heterocycles. The van der Waals surface area contributed by atoms with Gasteiger partial charge in [0.15, 0.2) is 0 Å². The average Bonchev–Trinajstić information content (AvgIpc) is 1.85. The van der Waals surface area contributed by atoms with Crippen LogP contribution in [0.25, 0.3) is 0 Å². The average molecular weight is 167 g/mol. The Bertz CT molecular complexity index is 102. The van der Waals surface area contributed by atoms with Crippen molar-refractivity contribution < 1.29 is 25.5 Å². The van der Waals surface area contributed by atoms with Crippen LogP contribution in [0.1, 0.15) is 0 Å². The highest BCUT2D eigenvalue weighted by molar-refractivity contribution is 4.59. The molecule has 11 heavy (non-hydrogen) atoms. The molecule has 6 heteroatoms. The molecule has 0 amide bonds. The van der Waals surface area contributed by atoms with Crippen molar-refractivity contribution in [3.63, 3.8) is 0 Å². The molecule has 0 saturated carbocycles. The Balaban J connectivity index is 3.28. The minimum atomic E-state index is -2.77. The van der Waals surface area contributed by atoms with Gasteiger partial charge in [0.1, 0.15) is 0 Å². The van der Waals surface area contributed by atoms with Crippen molar-refractivity contribution in [3.05, 3.63) is 0 Å². The van der Waals surface area contributed by atoms with Crippen molar-refractivity contribution in [1.82, 2.24) is 5.32 Å². The predicted molar refractivity (Wildman–Crippen MR) is 35.3 cm³/mol. The smallest absolute Gasteiger partial charge is 0.288 e. The third kappa shape index (κ3) is 7.66. The van der Waals surface area contributed by atoms with Crippen LogP contribution < -0.4 is 5.32 Å². The van der Waals surface area contributed by atoms with E-state index in [1.807, 2.05) is 0 Å². The maximum atomic E-state index is 8.70. The molecule has 0 aliphatic heterocycles. The van der Waals surface area contributed by atoms with Gasteiger partial charge in [0.25, 0.3) is 5.97 Å². The third-order valence-corrected chi connectivity index (χ3v) is 0.953. The van der Waals surface area contributed by atoms with Crippen LogP contribution in [0.15, 0.2) is 0 Å². The zero-order chi connectivity index (χ0) is 8.91. The van der Waals surface area contributed by atoms with Gasteiger partial charge in [0, 0.05) is 6.54 Å². The Labute approximate surface area is 63.7 Å². The van der Waals surface area contributed by atoms with E-state index in [-0.39, 0.29) is 6.54 Å². The van der Waals surface area contributed by atoms with Crippen LogP contribution in [0.4, 0.5) is 0 Å². The molecule has 0 aromatic carbocycles. The number of aliphatic hydroxyl groups is 5. The molecule has 1 atom stereocenters. The first-order valence-corrected chi connectivity index (χ1v) is 3.12. The molecule has 0 fully saturated rings. The Kier molecular flexibility index (Phi) is 4.50. The minimum Gasteiger partial charge on any atom is -0.394 e. The van der Waals surface area contributed by atoms with E-state index in [0.717, 1.165) is 0 Å². The fourth-order valence-corrected chi connectivity index (χ4v) is 0.471. The Hall–Kier alpha value is -0.240. The van der Waals surface area contributed by atoms with Gasteiger partial charge in [-0.25, -0.2) is 0 Å². The quantitative estimate of drug-likeness (QED) is 0.237. The van der Waals surface area contributed by atoms with E-state index in [2.05, 4.69) is 5.32 Å². The molecule has 0 aromatic heterocycles. The molecule has 6 N–H and O–H groups in total. The van der Waals surface area contributed by atoms with Crippen LogP contribution in [0.5, 0.6) is 0 Å². The summed E-state index contributed by atoms with van der Waals surface area (Å²) in [7, 11) is 0. The van der Waals surface area contributed by atoms with Gasteiger partial charge in [-0.2, -0.15) is 0 Å². The van der Waals surface area contributed by atoms with Gasteiger partial charge >= 0.3 is 0 Å². The van der Waals surface area contributed by atoms with Crippen molar-refractivity contribution >= 4 is 0 Å². The molecular formula is C5H13NO5. The molecule has 0 bridgehead atoms. The number of hydrogen-bond donors (Lipinski definition) is 6. The van der Waals surface area contributed by atoms with E-state index >= 15 is 0 Å². The predicted octanol–water partition coefficient (Wildman–Crippen LogP) is -3.44. The van der Waals surface area contributed by atoms with Crippen LogP contribution in [0.2, 0.25) is 0 Å². The molecule has 0 saturated heterocycles. The van der Waals surface area contributed by atoms with Gasteiger partial charge in [-0.05, 0) is 0 Å². The van der Waals surface area contributed by atoms with Crippen molar-refractivity contribution in [2.45, 2.75) is 12.1 Å². The maximum absolute atomic E-state index is 8.70. The van der Waals surface area contributed by atoms with E-state index in [9.17, 15) is 0 Å². The fourth-order valence-electron chi connectivity index (χ4n) is 0.471. The number of rotatable bonds is 5. The van der Waals surface area contributed by atoms with E-state index in [0.29, 0.717) is 0 Å². The van der Waals surface area contributed by atoms with Gasteiger partial charge in [0.2, 0.25) is 0 Å². The van der Waals surface area contributed by atoms with Crippen molar-refractivity contribution in [1.29, 1.82) is 0 Å². The van der Waals surface area contributed by atoms with Gasteiger partial charge in [0.05, 0.1) is 19.3 Å². The summed E-state index contributed by atoms with van der Waals surface area (Å²) in [6.45, 7) is -0.910. The molecule has 0 aromatic rings. The lowest BCUT2D eigenvalue weighted by Gasteiger charge is -2.15. The van der Waals surface area contributed by atoms with Gasteiger partial charge in [-0.1, -0.05) is 0 Å². The first-order valence-electron chi connectivity index (χ1n) is 3.12. The third-order valence-electron chi connectivity index (χ3n) is 0.953. The van der Waals surface area contributed by atoms with Crippen molar-refractivity contribution in [3.8, 4) is 0 Å². The van der Waals surface area contributed by atoms with Crippen LogP contribution in [-0.4, -0.2) is 57.3 Å². The highest BCUT2D eigenvalue weighted by Gasteiger charge is 2.17. The first kappa shape index (κ1) is 10.8. The lowest BCUT2D eigenvalue weighted by molar-refractivity contribution is -0.306. The maximum Gasteiger partial charge on any atom is 0.288 e. The van der Waals surface area contributed by atoms with E-state index < -0.39 is 25.2 Å². The zero-order valence-corrected chi connectivity index (χ0v) is 5.93. The molecule has 6 nitrogen and oxygen atoms in total. The van der Waals surface area contributed by atoms with Gasteiger partial charge in [-0.15, -0.1) is 0 Å². The van der Waals surface area contributed by atoms with Gasteiger partial charge in [-0.3, -0.25) is 0 Å². The summed E-state index contributed by atoms with van der Waals surface area (Å²) in [6, 6.07) is 0. The molecule has 0 spiro atoms. The highest BCUT2D eigenvalue weighted by Crippen LogP contribution is 1.87. The molecule has 1 unspecified atom stereocenters. The monoisotopic (exact) mass is 167 g/mol. The lowest BCUT2D eigenvalue weighted by Crippen LogP contribution is -2.43.